The van der Waals surface area contributed by atoms with Crippen LogP contribution in [-0.2, 0) is 4.79 Å². The molecule has 1 unspecified atom stereocenters. The first-order valence-corrected chi connectivity index (χ1v) is 4.87. The molecule has 0 aromatic heterocycles. The SMILES string of the molecule is C=CC(C)NC(=O)[C@H]1CCCNC1. The molecular weight excluding hydrogens is 164 g/mol. The number of rotatable bonds is 3. The van der Waals surface area contributed by atoms with Crippen LogP contribution in [0.3, 0.4) is 0 Å². The lowest BCUT2D eigenvalue weighted by molar-refractivity contribution is -0.125. The molecule has 0 saturated carbocycles. The summed E-state index contributed by atoms with van der Waals surface area (Å²) in [5.74, 6) is 0.302. The van der Waals surface area contributed by atoms with Crippen molar-refractivity contribution in [3.8, 4) is 0 Å². The van der Waals surface area contributed by atoms with Gasteiger partial charge in [0.25, 0.3) is 0 Å². The van der Waals surface area contributed by atoms with E-state index in [4.69, 9.17) is 0 Å². The zero-order valence-corrected chi connectivity index (χ0v) is 8.18. The number of nitrogens with one attached hydrogen (secondary N) is 2. The Bertz CT molecular complexity index is 185. The number of hydrogen-bond donors (Lipinski definition) is 2. The van der Waals surface area contributed by atoms with E-state index < -0.39 is 0 Å². The normalized spacial score (nSPS) is 24.8. The van der Waals surface area contributed by atoms with Crippen molar-refractivity contribution in [3.63, 3.8) is 0 Å². The Morgan fingerprint density at radius 2 is 2.54 bits per heavy atom. The molecule has 0 bridgehead atoms. The molecule has 1 aliphatic heterocycles. The summed E-state index contributed by atoms with van der Waals surface area (Å²) < 4.78 is 0. The van der Waals surface area contributed by atoms with Crippen LogP contribution < -0.4 is 10.6 Å². The van der Waals surface area contributed by atoms with Gasteiger partial charge < -0.3 is 10.6 Å². The standard InChI is InChI=1S/C10H18N2O/c1-3-8(2)12-10(13)9-5-4-6-11-7-9/h3,8-9,11H,1,4-7H2,2H3,(H,12,13)/t8?,9-/m0/s1. The van der Waals surface area contributed by atoms with E-state index in [0.29, 0.717) is 0 Å². The molecule has 1 rings (SSSR count). The average Bonchev–Trinajstić information content (AvgIpc) is 2.19. The third kappa shape index (κ3) is 3.19. The van der Waals surface area contributed by atoms with Crippen LogP contribution in [0.25, 0.3) is 0 Å². The fourth-order valence-electron chi connectivity index (χ4n) is 1.48. The van der Waals surface area contributed by atoms with E-state index in [-0.39, 0.29) is 17.9 Å². The highest BCUT2D eigenvalue weighted by molar-refractivity contribution is 5.79. The summed E-state index contributed by atoms with van der Waals surface area (Å²) in [7, 11) is 0. The van der Waals surface area contributed by atoms with E-state index in [1.165, 1.54) is 0 Å². The van der Waals surface area contributed by atoms with Gasteiger partial charge in [-0.2, -0.15) is 0 Å². The fourth-order valence-corrected chi connectivity index (χ4v) is 1.48. The summed E-state index contributed by atoms with van der Waals surface area (Å²) in [6.07, 6.45) is 3.84. The molecule has 0 aliphatic carbocycles. The van der Waals surface area contributed by atoms with Crippen molar-refractivity contribution < 1.29 is 4.79 Å². The summed E-state index contributed by atoms with van der Waals surface area (Å²) in [5.41, 5.74) is 0. The molecule has 3 heteroatoms. The van der Waals surface area contributed by atoms with Gasteiger partial charge >= 0.3 is 0 Å². The van der Waals surface area contributed by atoms with E-state index in [0.717, 1.165) is 25.9 Å². The molecule has 1 amide bonds. The number of carbonyl (C=O) groups excluding carboxylic acids is 1. The van der Waals surface area contributed by atoms with Crippen LogP contribution in [0.15, 0.2) is 12.7 Å². The second-order valence-corrected chi connectivity index (χ2v) is 3.58. The second-order valence-electron chi connectivity index (χ2n) is 3.58. The van der Waals surface area contributed by atoms with Gasteiger partial charge in [-0.15, -0.1) is 6.58 Å². The molecule has 1 heterocycles. The van der Waals surface area contributed by atoms with Gasteiger partial charge in [0.1, 0.15) is 0 Å². The van der Waals surface area contributed by atoms with E-state index in [1.807, 2.05) is 6.92 Å². The smallest absolute Gasteiger partial charge is 0.224 e. The molecule has 0 aromatic rings. The predicted molar refractivity (Wildman–Crippen MR) is 53.4 cm³/mol. The highest BCUT2D eigenvalue weighted by Crippen LogP contribution is 2.09. The van der Waals surface area contributed by atoms with Crippen molar-refractivity contribution in [1.29, 1.82) is 0 Å². The summed E-state index contributed by atoms with van der Waals surface area (Å²) >= 11 is 0. The van der Waals surface area contributed by atoms with Gasteiger partial charge in [0.15, 0.2) is 0 Å². The van der Waals surface area contributed by atoms with Gasteiger partial charge in [-0.05, 0) is 26.3 Å². The molecule has 1 saturated heterocycles. The minimum absolute atomic E-state index is 0.0782. The topological polar surface area (TPSA) is 41.1 Å². The van der Waals surface area contributed by atoms with Crippen molar-refractivity contribution in [2.24, 2.45) is 5.92 Å². The Balaban J connectivity index is 2.32. The lowest BCUT2D eigenvalue weighted by Gasteiger charge is -2.23. The Hall–Kier alpha value is -0.830. The van der Waals surface area contributed by atoms with Crippen molar-refractivity contribution in [2.45, 2.75) is 25.8 Å². The molecule has 2 atom stereocenters. The van der Waals surface area contributed by atoms with Crippen LogP contribution in [0.5, 0.6) is 0 Å². The quantitative estimate of drug-likeness (QED) is 0.630. The maximum Gasteiger partial charge on any atom is 0.224 e. The maximum atomic E-state index is 11.6. The molecule has 2 N–H and O–H groups in total. The Kier molecular flexibility index (Phi) is 3.96. The fraction of sp³-hybridized carbons (Fsp3) is 0.700. The second kappa shape index (κ2) is 5.02. The van der Waals surface area contributed by atoms with Crippen molar-refractivity contribution in [1.82, 2.24) is 10.6 Å². The molecule has 0 spiro atoms. The van der Waals surface area contributed by atoms with Crippen molar-refractivity contribution in [3.05, 3.63) is 12.7 Å². The van der Waals surface area contributed by atoms with Gasteiger partial charge in [-0.25, -0.2) is 0 Å². The number of hydrogen-bond acceptors (Lipinski definition) is 2. The molecule has 0 radical (unpaired) electrons. The molecule has 3 nitrogen and oxygen atoms in total. The van der Waals surface area contributed by atoms with Gasteiger partial charge in [-0.1, -0.05) is 6.08 Å². The van der Waals surface area contributed by atoms with Crippen LogP contribution in [0.4, 0.5) is 0 Å². The minimum Gasteiger partial charge on any atom is -0.350 e. The molecule has 1 aliphatic rings. The van der Waals surface area contributed by atoms with E-state index in [2.05, 4.69) is 17.2 Å². The molecule has 0 aromatic carbocycles. The van der Waals surface area contributed by atoms with Gasteiger partial charge in [0.2, 0.25) is 5.91 Å². The Morgan fingerprint density at radius 3 is 3.08 bits per heavy atom. The van der Waals surface area contributed by atoms with Crippen LogP contribution in [-0.4, -0.2) is 25.0 Å². The number of carbonyl (C=O) groups is 1. The average molecular weight is 182 g/mol. The lowest BCUT2D eigenvalue weighted by Crippen LogP contribution is -2.43. The van der Waals surface area contributed by atoms with Crippen LogP contribution in [0.2, 0.25) is 0 Å². The lowest BCUT2D eigenvalue weighted by atomic mass is 9.98. The molecule has 13 heavy (non-hydrogen) atoms. The molecular formula is C10H18N2O. The molecule has 1 fully saturated rings. The largest absolute Gasteiger partial charge is 0.350 e. The first kappa shape index (κ1) is 10.3. The van der Waals surface area contributed by atoms with Crippen molar-refractivity contribution >= 4 is 5.91 Å². The minimum atomic E-state index is 0.0782. The number of amides is 1. The van der Waals surface area contributed by atoms with Crippen molar-refractivity contribution in [2.75, 3.05) is 13.1 Å². The van der Waals surface area contributed by atoms with Crippen LogP contribution >= 0.6 is 0 Å². The highest BCUT2D eigenvalue weighted by atomic mass is 16.1. The first-order chi connectivity index (χ1) is 6.24. The molecule has 74 valence electrons. The Morgan fingerprint density at radius 1 is 1.77 bits per heavy atom. The van der Waals surface area contributed by atoms with Crippen LogP contribution in [0.1, 0.15) is 19.8 Å². The summed E-state index contributed by atoms with van der Waals surface area (Å²) in [4.78, 5) is 11.6. The maximum absolute atomic E-state index is 11.6. The monoisotopic (exact) mass is 182 g/mol. The summed E-state index contributed by atoms with van der Waals surface area (Å²) in [5, 5.41) is 6.12. The Labute approximate surface area is 79.6 Å². The van der Waals surface area contributed by atoms with E-state index >= 15 is 0 Å². The highest BCUT2D eigenvalue weighted by Gasteiger charge is 2.20. The predicted octanol–water partition coefficient (Wildman–Crippen LogP) is 0.677. The summed E-state index contributed by atoms with van der Waals surface area (Å²) in [6, 6.07) is 0.0782. The zero-order chi connectivity index (χ0) is 9.68. The third-order valence-corrected chi connectivity index (χ3v) is 2.39. The van der Waals surface area contributed by atoms with Gasteiger partial charge in [-0.3, -0.25) is 4.79 Å². The first-order valence-electron chi connectivity index (χ1n) is 4.87. The third-order valence-electron chi connectivity index (χ3n) is 2.39. The van der Waals surface area contributed by atoms with Gasteiger partial charge in [0.05, 0.1) is 5.92 Å². The van der Waals surface area contributed by atoms with E-state index in [1.54, 1.807) is 6.08 Å². The zero-order valence-electron chi connectivity index (χ0n) is 8.18. The van der Waals surface area contributed by atoms with Gasteiger partial charge in [0, 0.05) is 12.6 Å². The van der Waals surface area contributed by atoms with E-state index in [9.17, 15) is 4.79 Å². The van der Waals surface area contributed by atoms with Crippen LogP contribution in [0, 0.1) is 5.92 Å². The number of piperidine rings is 1. The summed E-state index contributed by atoms with van der Waals surface area (Å²) in [6.45, 7) is 7.42.